The zero-order valence-electron chi connectivity index (χ0n) is 10.0. The van der Waals surface area contributed by atoms with Crippen molar-refractivity contribution >= 4 is 17.8 Å². The monoisotopic (exact) mass is 263 g/mol. The molecule has 0 fully saturated rings. The summed E-state index contributed by atoms with van der Waals surface area (Å²) in [6, 6.07) is -1.22. The van der Waals surface area contributed by atoms with Gasteiger partial charge in [0.15, 0.2) is 0 Å². The van der Waals surface area contributed by atoms with Gasteiger partial charge in [-0.25, -0.2) is 4.79 Å². The molecule has 0 aliphatic rings. The molecule has 0 bridgehead atoms. The Morgan fingerprint density at radius 3 is 2.39 bits per heavy atom. The number of rotatable bonds is 10. The van der Waals surface area contributed by atoms with Crippen molar-refractivity contribution in [3.05, 3.63) is 0 Å². The van der Waals surface area contributed by atoms with Crippen LogP contribution in [0.1, 0.15) is 12.8 Å². The van der Waals surface area contributed by atoms with Crippen molar-refractivity contribution in [2.45, 2.75) is 18.9 Å². The van der Waals surface area contributed by atoms with Crippen LogP contribution >= 0.6 is 0 Å². The van der Waals surface area contributed by atoms with Gasteiger partial charge in [0.05, 0.1) is 13.2 Å². The lowest BCUT2D eigenvalue weighted by Gasteiger charge is -2.13. The molecule has 0 saturated carbocycles. The molecule has 1 unspecified atom stereocenters. The van der Waals surface area contributed by atoms with Crippen LogP contribution in [0.4, 0.5) is 0 Å². The second-order valence-corrected chi connectivity index (χ2v) is 3.44. The van der Waals surface area contributed by atoms with Gasteiger partial charge in [0.1, 0.15) is 12.6 Å². The summed E-state index contributed by atoms with van der Waals surface area (Å²) in [6.07, 6.45) is -0.504. The number of hydrogen-bond acceptors (Lipinski definition) is 5. The second-order valence-electron chi connectivity index (χ2n) is 3.44. The molecule has 0 saturated heterocycles. The van der Waals surface area contributed by atoms with E-state index in [1.54, 1.807) is 0 Å². The summed E-state index contributed by atoms with van der Waals surface area (Å²) < 4.78 is 9.59. The first kappa shape index (κ1) is 16.3. The molecular weight excluding hydrogens is 246 g/mol. The number of carbonyl (C=O) groups excluding carboxylic acids is 1. The van der Waals surface area contributed by atoms with Gasteiger partial charge in [-0.1, -0.05) is 0 Å². The van der Waals surface area contributed by atoms with Crippen LogP contribution in [0.25, 0.3) is 0 Å². The highest BCUT2D eigenvalue weighted by molar-refractivity contribution is 5.84. The predicted molar refractivity (Wildman–Crippen MR) is 59.1 cm³/mol. The summed E-state index contributed by atoms with van der Waals surface area (Å²) in [7, 11) is 1.48. The van der Waals surface area contributed by atoms with E-state index < -0.39 is 23.9 Å². The summed E-state index contributed by atoms with van der Waals surface area (Å²) >= 11 is 0. The Morgan fingerprint density at radius 2 is 1.89 bits per heavy atom. The lowest BCUT2D eigenvalue weighted by molar-refractivity contribution is -0.143. The third-order valence-corrected chi connectivity index (χ3v) is 1.95. The van der Waals surface area contributed by atoms with Crippen molar-refractivity contribution in [1.82, 2.24) is 5.32 Å². The van der Waals surface area contributed by atoms with E-state index in [2.05, 4.69) is 5.32 Å². The molecule has 0 aromatic rings. The topological polar surface area (TPSA) is 122 Å². The van der Waals surface area contributed by atoms with Crippen molar-refractivity contribution in [3.8, 4) is 0 Å². The van der Waals surface area contributed by atoms with Gasteiger partial charge in [-0.2, -0.15) is 0 Å². The number of methoxy groups -OCH3 is 1. The fourth-order valence-electron chi connectivity index (χ4n) is 1.07. The molecule has 0 spiro atoms. The van der Waals surface area contributed by atoms with Crippen LogP contribution < -0.4 is 5.32 Å². The SMILES string of the molecule is COCCOCC(=O)NC(CCC(=O)O)C(=O)O. The van der Waals surface area contributed by atoms with E-state index in [1.165, 1.54) is 7.11 Å². The molecule has 0 radical (unpaired) electrons. The lowest BCUT2D eigenvalue weighted by atomic mass is 10.1. The van der Waals surface area contributed by atoms with Gasteiger partial charge in [0, 0.05) is 13.5 Å². The standard InChI is InChI=1S/C10H17NO7/c1-17-4-5-18-6-8(12)11-7(10(15)16)2-3-9(13)14/h7H,2-6H2,1H3,(H,11,12)(H,13,14)(H,15,16). The number of carbonyl (C=O) groups is 3. The van der Waals surface area contributed by atoms with Crippen LogP contribution in [0, 0.1) is 0 Å². The summed E-state index contributed by atoms with van der Waals surface area (Å²) in [5, 5.41) is 19.4. The first-order valence-corrected chi connectivity index (χ1v) is 5.28. The molecule has 0 aromatic heterocycles. The van der Waals surface area contributed by atoms with Gasteiger partial charge in [0.25, 0.3) is 0 Å². The second kappa shape index (κ2) is 9.37. The number of hydrogen-bond donors (Lipinski definition) is 3. The average Bonchev–Trinajstić information content (AvgIpc) is 2.29. The highest BCUT2D eigenvalue weighted by Crippen LogP contribution is 1.98. The summed E-state index contributed by atoms with van der Waals surface area (Å²) in [6.45, 7) is 0.256. The van der Waals surface area contributed by atoms with E-state index in [0.29, 0.717) is 6.61 Å². The van der Waals surface area contributed by atoms with Gasteiger partial charge < -0.3 is 25.0 Å². The maximum atomic E-state index is 11.3. The number of amides is 1. The van der Waals surface area contributed by atoms with Gasteiger partial charge >= 0.3 is 11.9 Å². The first-order chi connectivity index (χ1) is 8.47. The van der Waals surface area contributed by atoms with Crippen molar-refractivity contribution in [3.63, 3.8) is 0 Å². The average molecular weight is 263 g/mol. The van der Waals surface area contributed by atoms with Crippen LogP contribution in [0.5, 0.6) is 0 Å². The van der Waals surface area contributed by atoms with Crippen LogP contribution in [0.3, 0.4) is 0 Å². The molecule has 0 heterocycles. The smallest absolute Gasteiger partial charge is 0.326 e. The van der Waals surface area contributed by atoms with Crippen molar-refractivity contribution < 1.29 is 34.1 Å². The highest BCUT2D eigenvalue weighted by Gasteiger charge is 2.20. The number of aliphatic carboxylic acids is 2. The summed E-state index contributed by atoms with van der Waals surface area (Å²) in [5.74, 6) is -3.00. The Kier molecular flexibility index (Phi) is 8.50. The molecular formula is C10H17NO7. The molecule has 1 amide bonds. The summed E-state index contributed by atoms with van der Waals surface area (Å²) in [5.41, 5.74) is 0. The number of carboxylic acid groups (broad SMARTS) is 2. The molecule has 0 aliphatic carbocycles. The Bertz CT molecular complexity index is 292. The van der Waals surface area contributed by atoms with E-state index in [-0.39, 0.29) is 26.1 Å². The van der Waals surface area contributed by atoms with Gasteiger partial charge in [-0.05, 0) is 6.42 Å². The van der Waals surface area contributed by atoms with E-state index >= 15 is 0 Å². The molecule has 0 rings (SSSR count). The fraction of sp³-hybridized carbons (Fsp3) is 0.700. The summed E-state index contributed by atoms with van der Waals surface area (Å²) in [4.78, 5) is 32.3. The Balaban J connectivity index is 3.96. The minimum Gasteiger partial charge on any atom is -0.481 e. The molecule has 18 heavy (non-hydrogen) atoms. The van der Waals surface area contributed by atoms with Crippen molar-refractivity contribution in [2.75, 3.05) is 26.9 Å². The van der Waals surface area contributed by atoms with Crippen LogP contribution in [0.2, 0.25) is 0 Å². The van der Waals surface area contributed by atoms with E-state index in [4.69, 9.17) is 19.7 Å². The molecule has 104 valence electrons. The number of carboxylic acids is 2. The third kappa shape index (κ3) is 8.48. The molecule has 3 N–H and O–H groups in total. The van der Waals surface area contributed by atoms with Crippen LogP contribution in [0.15, 0.2) is 0 Å². The highest BCUT2D eigenvalue weighted by atomic mass is 16.5. The third-order valence-electron chi connectivity index (χ3n) is 1.95. The largest absolute Gasteiger partial charge is 0.481 e. The molecule has 0 aliphatic heterocycles. The van der Waals surface area contributed by atoms with Crippen LogP contribution in [-0.2, 0) is 23.9 Å². The van der Waals surface area contributed by atoms with Crippen LogP contribution in [-0.4, -0.2) is 61.0 Å². The minimum atomic E-state index is -1.28. The maximum Gasteiger partial charge on any atom is 0.326 e. The van der Waals surface area contributed by atoms with Crippen molar-refractivity contribution in [2.24, 2.45) is 0 Å². The minimum absolute atomic E-state index is 0.172. The quantitative estimate of drug-likeness (QED) is 0.436. The predicted octanol–water partition coefficient (Wildman–Crippen LogP) is -0.916. The molecule has 0 aromatic carbocycles. The molecule has 1 atom stereocenters. The Morgan fingerprint density at radius 1 is 1.22 bits per heavy atom. The van der Waals surface area contributed by atoms with Gasteiger partial charge in [-0.15, -0.1) is 0 Å². The van der Waals surface area contributed by atoms with E-state index in [9.17, 15) is 14.4 Å². The maximum absolute atomic E-state index is 11.3. The zero-order chi connectivity index (χ0) is 14.0. The lowest BCUT2D eigenvalue weighted by Crippen LogP contribution is -2.42. The van der Waals surface area contributed by atoms with Gasteiger partial charge in [-0.3, -0.25) is 9.59 Å². The molecule has 8 nitrogen and oxygen atoms in total. The van der Waals surface area contributed by atoms with E-state index in [1.807, 2.05) is 0 Å². The normalized spacial score (nSPS) is 11.8. The number of ether oxygens (including phenoxy) is 2. The van der Waals surface area contributed by atoms with Gasteiger partial charge in [0.2, 0.25) is 5.91 Å². The Labute approximate surface area is 104 Å². The molecule has 8 heteroatoms. The van der Waals surface area contributed by atoms with Crippen molar-refractivity contribution in [1.29, 1.82) is 0 Å². The fourth-order valence-corrected chi connectivity index (χ4v) is 1.07. The number of nitrogens with one attached hydrogen (secondary N) is 1. The van der Waals surface area contributed by atoms with E-state index in [0.717, 1.165) is 0 Å². The Hall–Kier alpha value is -1.67. The first-order valence-electron chi connectivity index (χ1n) is 5.28. The zero-order valence-corrected chi connectivity index (χ0v) is 10.0.